The van der Waals surface area contributed by atoms with Gasteiger partial charge in [-0.25, -0.2) is 0 Å². The molecule has 7 heteroatoms. The lowest BCUT2D eigenvalue weighted by molar-refractivity contribution is -0.384. The normalized spacial score (nSPS) is 17.6. The molecule has 0 spiro atoms. The maximum Gasteiger partial charge on any atom is 0.310 e. The van der Waals surface area contributed by atoms with Gasteiger partial charge in [-0.3, -0.25) is 14.9 Å². The molecule has 116 valence electrons. The van der Waals surface area contributed by atoms with Crippen LogP contribution in [-0.4, -0.2) is 30.6 Å². The molecule has 1 aliphatic heterocycles. The summed E-state index contributed by atoms with van der Waals surface area (Å²) in [6, 6.07) is 6.29. The highest BCUT2D eigenvalue weighted by Crippen LogP contribution is 2.32. The minimum atomic E-state index is -0.496. The minimum absolute atomic E-state index is 0.108. The summed E-state index contributed by atoms with van der Waals surface area (Å²) in [5, 5.41) is 20.1. The Hall–Kier alpha value is -2.62. The first-order chi connectivity index (χ1) is 10.6. The second-order valence-corrected chi connectivity index (χ2v) is 5.11. The van der Waals surface area contributed by atoms with Crippen molar-refractivity contribution in [3.63, 3.8) is 0 Å². The second-order valence-electron chi connectivity index (χ2n) is 5.11. The Morgan fingerprint density at radius 1 is 1.59 bits per heavy atom. The van der Waals surface area contributed by atoms with Gasteiger partial charge in [0.1, 0.15) is 5.69 Å². The third kappa shape index (κ3) is 3.34. The molecule has 0 aromatic heterocycles. The topological polar surface area (TPSA) is 96.5 Å². The van der Waals surface area contributed by atoms with Crippen molar-refractivity contribution in [1.82, 2.24) is 0 Å². The van der Waals surface area contributed by atoms with Gasteiger partial charge in [-0.15, -0.1) is 0 Å². The number of nitro groups is 1. The third-order valence-corrected chi connectivity index (χ3v) is 3.68. The van der Waals surface area contributed by atoms with Gasteiger partial charge in [-0.1, -0.05) is 0 Å². The molecule has 0 bridgehead atoms. The highest BCUT2D eigenvalue weighted by atomic mass is 16.6. The van der Waals surface area contributed by atoms with Crippen LogP contribution in [-0.2, 0) is 9.53 Å². The standard InChI is InChI=1S/C15H17N3O4/c1-2-22-15(19)12-4-3-7-17(10-12)13-6-5-11(9-16)8-14(13)18(20)21/h5-6,8,12H,2-4,7,10H2,1H3/t12-/m0/s1. The predicted molar refractivity (Wildman–Crippen MR) is 79.4 cm³/mol. The summed E-state index contributed by atoms with van der Waals surface area (Å²) in [6.07, 6.45) is 1.49. The van der Waals surface area contributed by atoms with Crippen molar-refractivity contribution in [2.45, 2.75) is 19.8 Å². The predicted octanol–water partition coefficient (Wildman–Crippen LogP) is 2.25. The third-order valence-electron chi connectivity index (χ3n) is 3.68. The summed E-state index contributed by atoms with van der Waals surface area (Å²) < 4.78 is 5.04. The molecule has 0 radical (unpaired) electrons. The van der Waals surface area contributed by atoms with Gasteiger partial charge >= 0.3 is 5.97 Å². The lowest BCUT2D eigenvalue weighted by Crippen LogP contribution is -2.39. The van der Waals surface area contributed by atoms with E-state index in [1.54, 1.807) is 19.1 Å². The SMILES string of the molecule is CCOC(=O)[C@H]1CCCN(c2ccc(C#N)cc2[N+](=O)[O-])C1. The zero-order chi connectivity index (χ0) is 16.1. The number of rotatable bonds is 4. The van der Waals surface area contributed by atoms with Gasteiger partial charge < -0.3 is 9.64 Å². The molecular weight excluding hydrogens is 286 g/mol. The number of piperidine rings is 1. The summed E-state index contributed by atoms with van der Waals surface area (Å²) in [7, 11) is 0. The van der Waals surface area contributed by atoms with E-state index in [-0.39, 0.29) is 23.1 Å². The van der Waals surface area contributed by atoms with Gasteiger partial charge in [0.2, 0.25) is 0 Å². The number of ether oxygens (including phenoxy) is 1. The van der Waals surface area contributed by atoms with Gasteiger partial charge in [0.05, 0.1) is 29.1 Å². The summed E-state index contributed by atoms with van der Waals surface area (Å²) in [6.45, 7) is 3.12. The van der Waals surface area contributed by atoms with Crippen LogP contribution in [0.1, 0.15) is 25.3 Å². The van der Waals surface area contributed by atoms with Crippen molar-refractivity contribution in [2.75, 3.05) is 24.6 Å². The van der Waals surface area contributed by atoms with E-state index in [0.29, 0.717) is 25.4 Å². The Kier molecular flexibility index (Phi) is 4.94. The summed E-state index contributed by atoms with van der Waals surface area (Å²) in [5.41, 5.74) is 0.580. The van der Waals surface area contributed by atoms with Gasteiger partial charge in [-0.2, -0.15) is 5.26 Å². The number of esters is 1. The molecule has 0 unspecified atom stereocenters. The maximum absolute atomic E-state index is 11.9. The molecule has 0 saturated carbocycles. The monoisotopic (exact) mass is 303 g/mol. The van der Waals surface area contributed by atoms with Crippen LogP contribution in [0.15, 0.2) is 18.2 Å². The summed E-state index contributed by atoms with van der Waals surface area (Å²) in [5.74, 6) is -0.535. The van der Waals surface area contributed by atoms with E-state index in [4.69, 9.17) is 10.00 Å². The fourth-order valence-electron chi connectivity index (χ4n) is 2.66. The number of hydrogen-bond acceptors (Lipinski definition) is 6. The minimum Gasteiger partial charge on any atom is -0.466 e. The Morgan fingerprint density at radius 2 is 2.36 bits per heavy atom. The van der Waals surface area contributed by atoms with Crippen molar-refractivity contribution in [1.29, 1.82) is 5.26 Å². The number of anilines is 1. The van der Waals surface area contributed by atoms with Crippen molar-refractivity contribution in [2.24, 2.45) is 5.92 Å². The molecule has 1 aromatic rings. The number of hydrogen-bond donors (Lipinski definition) is 0. The fourth-order valence-corrected chi connectivity index (χ4v) is 2.66. The van der Waals surface area contributed by atoms with Crippen LogP contribution in [0.2, 0.25) is 0 Å². The van der Waals surface area contributed by atoms with Crippen LogP contribution in [0.3, 0.4) is 0 Å². The smallest absolute Gasteiger partial charge is 0.310 e. The van der Waals surface area contributed by atoms with Crippen LogP contribution < -0.4 is 4.90 Å². The molecule has 1 aromatic carbocycles. The zero-order valence-electron chi connectivity index (χ0n) is 12.3. The average molecular weight is 303 g/mol. The first-order valence-electron chi connectivity index (χ1n) is 7.17. The number of nitrogens with zero attached hydrogens (tertiary/aromatic N) is 3. The quantitative estimate of drug-likeness (QED) is 0.481. The lowest BCUT2D eigenvalue weighted by atomic mass is 9.97. The molecule has 0 N–H and O–H groups in total. The molecule has 0 amide bonds. The molecule has 22 heavy (non-hydrogen) atoms. The molecule has 0 aliphatic carbocycles. The number of nitriles is 1. The highest BCUT2D eigenvalue weighted by Gasteiger charge is 2.30. The summed E-state index contributed by atoms with van der Waals surface area (Å²) >= 11 is 0. The van der Waals surface area contributed by atoms with E-state index < -0.39 is 4.92 Å². The van der Waals surface area contributed by atoms with E-state index in [2.05, 4.69) is 0 Å². The first-order valence-corrected chi connectivity index (χ1v) is 7.17. The van der Waals surface area contributed by atoms with Crippen molar-refractivity contribution >= 4 is 17.3 Å². The van der Waals surface area contributed by atoms with Crippen LogP contribution in [0.4, 0.5) is 11.4 Å². The first kappa shape index (κ1) is 15.8. The van der Waals surface area contributed by atoms with E-state index in [1.807, 2.05) is 11.0 Å². The number of benzene rings is 1. The van der Waals surface area contributed by atoms with Crippen molar-refractivity contribution < 1.29 is 14.5 Å². The van der Waals surface area contributed by atoms with Crippen LogP contribution in [0, 0.1) is 27.4 Å². The van der Waals surface area contributed by atoms with Crippen LogP contribution in [0.5, 0.6) is 0 Å². The largest absolute Gasteiger partial charge is 0.466 e. The summed E-state index contributed by atoms with van der Waals surface area (Å²) in [4.78, 5) is 24.4. The molecular formula is C15H17N3O4. The highest BCUT2D eigenvalue weighted by molar-refractivity contribution is 5.74. The molecule has 1 atom stereocenters. The lowest BCUT2D eigenvalue weighted by Gasteiger charge is -2.32. The molecule has 7 nitrogen and oxygen atoms in total. The number of carbonyl (C=O) groups excluding carboxylic acids is 1. The van der Waals surface area contributed by atoms with E-state index in [9.17, 15) is 14.9 Å². The van der Waals surface area contributed by atoms with Gasteiger partial charge in [0.25, 0.3) is 5.69 Å². The van der Waals surface area contributed by atoms with Crippen LogP contribution in [0.25, 0.3) is 0 Å². The molecule has 1 aliphatic rings. The van der Waals surface area contributed by atoms with E-state index >= 15 is 0 Å². The Bertz CT molecular complexity index is 624. The Balaban J connectivity index is 2.26. The Morgan fingerprint density at radius 3 is 3.00 bits per heavy atom. The molecule has 1 fully saturated rings. The molecule has 2 rings (SSSR count). The van der Waals surface area contributed by atoms with E-state index in [0.717, 1.165) is 12.8 Å². The number of carbonyl (C=O) groups is 1. The van der Waals surface area contributed by atoms with Crippen molar-refractivity contribution in [3.05, 3.63) is 33.9 Å². The van der Waals surface area contributed by atoms with Crippen LogP contribution >= 0.6 is 0 Å². The van der Waals surface area contributed by atoms with Gasteiger partial charge in [-0.05, 0) is 31.9 Å². The van der Waals surface area contributed by atoms with Gasteiger partial charge in [0, 0.05) is 19.2 Å². The molecule has 1 saturated heterocycles. The van der Waals surface area contributed by atoms with E-state index in [1.165, 1.54) is 6.07 Å². The maximum atomic E-state index is 11.9. The average Bonchev–Trinajstić information content (AvgIpc) is 2.54. The zero-order valence-corrected chi connectivity index (χ0v) is 12.3. The fraction of sp³-hybridized carbons (Fsp3) is 0.467. The Labute approximate surface area is 128 Å². The second kappa shape index (κ2) is 6.89. The van der Waals surface area contributed by atoms with Gasteiger partial charge in [0.15, 0.2) is 0 Å². The van der Waals surface area contributed by atoms with Crippen molar-refractivity contribution in [3.8, 4) is 6.07 Å². The molecule has 1 heterocycles. The number of nitro benzene ring substituents is 1.